The number of hydrogen-bond acceptors (Lipinski definition) is 6. The monoisotopic (exact) mass is 405 g/mol. The van der Waals surface area contributed by atoms with Gasteiger partial charge in [0.15, 0.2) is 17.3 Å². The van der Waals surface area contributed by atoms with Gasteiger partial charge in [0.25, 0.3) is 0 Å². The average molecular weight is 405 g/mol. The van der Waals surface area contributed by atoms with E-state index in [4.69, 9.17) is 14.7 Å². The van der Waals surface area contributed by atoms with E-state index in [9.17, 15) is 0 Å². The Morgan fingerprint density at radius 3 is 2.42 bits per heavy atom. The number of fused-ring (bicyclic) bond motifs is 1. The van der Waals surface area contributed by atoms with Gasteiger partial charge in [0.2, 0.25) is 0 Å². The molecule has 3 aromatic heterocycles. The predicted octanol–water partition coefficient (Wildman–Crippen LogP) is 5.48. The van der Waals surface area contributed by atoms with Gasteiger partial charge in [0.05, 0.1) is 28.9 Å². The molecule has 5 aromatic rings. The number of imidazole rings is 1. The fourth-order valence-corrected chi connectivity index (χ4v) is 3.06. The number of aromatic nitrogens is 4. The molecule has 7 nitrogen and oxygen atoms in total. The lowest BCUT2D eigenvalue weighted by atomic mass is 10.2. The minimum Gasteiger partial charge on any atom is -0.453 e. The van der Waals surface area contributed by atoms with E-state index in [1.807, 2.05) is 36.4 Å². The average Bonchev–Trinajstić information content (AvgIpc) is 3.24. The van der Waals surface area contributed by atoms with Crippen LogP contribution in [-0.4, -0.2) is 19.9 Å². The second-order valence-electron chi connectivity index (χ2n) is 6.65. The van der Waals surface area contributed by atoms with E-state index in [0.29, 0.717) is 39.9 Å². The lowest BCUT2D eigenvalue weighted by Crippen LogP contribution is -1.91. The normalized spacial score (nSPS) is 10.5. The molecule has 7 heteroatoms. The summed E-state index contributed by atoms with van der Waals surface area (Å²) in [6.45, 7) is 0. The number of nitrogens with one attached hydrogen (secondary N) is 1. The summed E-state index contributed by atoms with van der Waals surface area (Å²) in [7, 11) is 0. The molecule has 2 aromatic carbocycles. The lowest BCUT2D eigenvalue weighted by Gasteiger charge is -2.12. The number of benzene rings is 2. The Kier molecular flexibility index (Phi) is 4.71. The molecule has 0 unspecified atom stereocenters. The fourth-order valence-electron chi connectivity index (χ4n) is 3.06. The topological polar surface area (TPSA) is 96.7 Å². The second kappa shape index (κ2) is 7.97. The van der Waals surface area contributed by atoms with Gasteiger partial charge in [0, 0.05) is 24.5 Å². The Morgan fingerprint density at radius 2 is 1.68 bits per heavy atom. The van der Waals surface area contributed by atoms with Gasteiger partial charge in [-0.05, 0) is 48.5 Å². The maximum atomic E-state index is 9.01. The van der Waals surface area contributed by atoms with Crippen molar-refractivity contribution < 1.29 is 9.47 Å². The summed E-state index contributed by atoms with van der Waals surface area (Å²) in [4.78, 5) is 16.4. The molecule has 0 aliphatic rings. The van der Waals surface area contributed by atoms with E-state index < -0.39 is 0 Å². The quantitative estimate of drug-likeness (QED) is 0.416. The van der Waals surface area contributed by atoms with E-state index >= 15 is 0 Å². The van der Waals surface area contributed by atoms with Crippen molar-refractivity contribution in [3.8, 4) is 40.6 Å². The highest BCUT2D eigenvalue weighted by Gasteiger charge is 2.14. The summed E-state index contributed by atoms with van der Waals surface area (Å²) in [5.41, 5.74) is 2.79. The highest BCUT2D eigenvalue weighted by molar-refractivity contribution is 5.83. The van der Waals surface area contributed by atoms with Gasteiger partial charge in [-0.15, -0.1) is 0 Å². The second-order valence-corrected chi connectivity index (χ2v) is 6.65. The molecule has 0 aliphatic heterocycles. The molecular weight excluding hydrogens is 390 g/mol. The van der Waals surface area contributed by atoms with Crippen LogP contribution in [-0.2, 0) is 0 Å². The van der Waals surface area contributed by atoms with Crippen LogP contribution in [0, 0.1) is 11.3 Å². The van der Waals surface area contributed by atoms with Gasteiger partial charge in [0.1, 0.15) is 17.2 Å². The Morgan fingerprint density at radius 1 is 0.839 bits per heavy atom. The van der Waals surface area contributed by atoms with E-state index in [1.54, 1.807) is 48.9 Å². The summed E-state index contributed by atoms with van der Waals surface area (Å²) < 4.78 is 12.1. The first-order valence-electron chi connectivity index (χ1n) is 9.49. The maximum Gasteiger partial charge on any atom is 0.172 e. The van der Waals surface area contributed by atoms with Crippen molar-refractivity contribution in [3.63, 3.8) is 0 Å². The lowest BCUT2D eigenvalue weighted by molar-refractivity contribution is 0.419. The van der Waals surface area contributed by atoms with Gasteiger partial charge in [-0.25, -0.2) is 4.98 Å². The van der Waals surface area contributed by atoms with Crippen molar-refractivity contribution >= 4 is 11.0 Å². The molecule has 0 aliphatic carbocycles. The molecule has 31 heavy (non-hydrogen) atoms. The SMILES string of the molecule is N#Cc1ccc(Oc2cc3nc(-c4ccccn4)[nH]c3cc2Oc2cccnc2)cc1. The maximum absolute atomic E-state index is 9.01. The van der Waals surface area contributed by atoms with Crippen LogP contribution in [0.3, 0.4) is 0 Å². The van der Waals surface area contributed by atoms with Crippen LogP contribution in [0.4, 0.5) is 0 Å². The summed E-state index contributed by atoms with van der Waals surface area (Å²) in [6, 6.07) is 21.9. The van der Waals surface area contributed by atoms with Crippen molar-refractivity contribution in [1.82, 2.24) is 19.9 Å². The van der Waals surface area contributed by atoms with Gasteiger partial charge < -0.3 is 14.5 Å². The number of rotatable bonds is 5. The molecule has 5 rings (SSSR count). The van der Waals surface area contributed by atoms with Crippen LogP contribution in [0.1, 0.15) is 5.56 Å². The van der Waals surface area contributed by atoms with Crippen LogP contribution in [0.5, 0.6) is 23.0 Å². The number of aromatic amines is 1. The molecule has 0 saturated carbocycles. The van der Waals surface area contributed by atoms with Crippen molar-refractivity contribution in [2.24, 2.45) is 0 Å². The van der Waals surface area contributed by atoms with Gasteiger partial charge in [-0.1, -0.05) is 6.07 Å². The Hall–Kier alpha value is -4.70. The number of nitrogens with zero attached hydrogens (tertiary/aromatic N) is 4. The third-order valence-electron chi connectivity index (χ3n) is 4.53. The van der Waals surface area contributed by atoms with Gasteiger partial charge in [-0.2, -0.15) is 5.26 Å². The van der Waals surface area contributed by atoms with Crippen molar-refractivity contribution in [2.45, 2.75) is 0 Å². The Balaban J connectivity index is 1.57. The Labute approximate surface area is 177 Å². The zero-order valence-corrected chi connectivity index (χ0v) is 16.2. The molecule has 0 fully saturated rings. The third kappa shape index (κ3) is 3.91. The molecule has 3 heterocycles. The molecular formula is C24H15N5O2. The van der Waals surface area contributed by atoms with Gasteiger partial charge >= 0.3 is 0 Å². The highest BCUT2D eigenvalue weighted by Crippen LogP contribution is 2.38. The summed E-state index contributed by atoms with van der Waals surface area (Å²) in [6.07, 6.45) is 5.03. The van der Waals surface area contributed by atoms with Gasteiger partial charge in [-0.3, -0.25) is 9.97 Å². The molecule has 148 valence electrons. The Bertz CT molecular complexity index is 1380. The van der Waals surface area contributed by atoms with E-state index in [0.717, 1.165) is 11.2 Å². The standard InChI is InChI=1S/C24H15N5O2/c25-14-16-6-8-17(9-7-16)30-22-12-20-21(13-23(22)31-18-4-3-10-26-15-18)29-24(28-20)19-5-1-2-11-27-19/h1-13,15H,(H,28,29). The van der Waals surface area contributed by atoms with Crippen LogP contribution in [0.2, 0.25) is 0 Å². The molecule has 0 amide bonds. The summed E-state index contributed by atoms with van der Waals surface area (Å²) in [5.74, 6) is 2.80. The third-order valence-corrected chi connectivity index (χ3v) is 4.53. The molecule has 1 N–H and O–H groups in total. The predicted molar refractivity (Wildman–Crippen MR) is 115 cm³/mol. The molecule has 0 bridgehead atoms. The molecule has 0 atom stereocenters. The van der Waals surface area contributed by atoms with Crippen LogP contribution in [0.15, 0.2) is 85.3 Å². The van der Waals surface area contributed by atoms with Crippen LogP contribution in [0.25, 0.3) is 22.6 Å². The van der Waals surface area contributed by atoms with E-state index in [-0.39, 0.29) is 0 Å². The van der Waals surface area contributed by atoms with Crippen molar-refractivity contribution in [2.75, 3.05) is 0 Å². The first-order valence-corrected chi connectivity index (χ1v) is 9.49. The first kappa shape index (κ1) is 18.3. The zero-order chi connectivity index (χ0) is 21.0. The summed E-state index contributed by atoms with van der Waals surface area (Å²) in [5, 5.41) is 9.01. The van der Waals surface area contributed by atoms with Crippen molar-refractivity contribution in [1.29, 1.82) is 5.26 Å². The first-order chi connectivity index (χ1) is 15.3. The van der Waals surface area contributed by atoms with Crippen molar-refractivity contribution in [3.05, 3.63) is 90.9 Å². The van der Waals surface area contributed by atoms with E-state index in [2.05, 4.69) is 26.0 Å². The molecule has 0 saturated heterocycles. The smallest absolute Gasteiger partial charge is 0.172 e. The minimum absolute atomic E-state index is 0.486. The number of hydrogen-bond donors (Lipinski definition) is 1. The minimum atomic E-state index is 0.486. The highest BCUT2D eigenvalue weighted by atomic mass is 16.5. The molecule has 0 radical (unpaired) electrons. The van der Waals surface area contributed by atoms with Crippen LogP contribution < -0.4 is 9.47 Å². The number of H-pyrrole nitrogens is 1. The number of ether oxygens (including phenoxy) is 2. The number of nitriles is 1. The fraction of sp³-hybridized carbons (Fsp3) is 0. The summed E-state index contributed by atoms with van der Waals surface area (Å²) >= 11 is 0. The molecule has 0 spiro atoms. The zero-order valence-electron chi connectivity index (χ0n) is 16.2. The largest absolute Gasteiger partial charge is 0.453 e. The number of pyridine rings is 2. The van der Waals surface area contributed by atoms with Crippen LogP contribution >= 0.6 is 0 Å². The van der Waals surface area contributed by atoms with E-state index in [1.165, 1.54) is 0 Å².